The molecule has 1 atom stereocenters. The fraction of sp³-hybridized carbons (Fsp3) is 0.182. The molecular formula is C22H16F3NO4S. The highest BCUT2D eigenvalue weighted by molar-refractivity contribution is 7.99. The fourth-order valence-corrected chi connectivity index (χ4v) is 4.58. The summed E-state index contributed by atoms with van der Waals surface area (Å²) in [5, 5.41) is 19.9. The third-order valence-electron chi connectivity index (χ3n) is 4.77. The summed E-state index contributed by atoms with van der Waals surface area (Å²) in [7, 11) is 0. The Hall–Kier alpha value is -3.20. The molecule has 2 aromatic carbocycles. The summed E-state index contributed by atoms with van der Waals surface area (Å²) in [6, 6.07) is 10.9. The molecule has 0 unspecified atom stereocenters. The highest BCUT2D eigenvalue weighted by Gasteiger charge is 2.33. The first-order chi connectivity index (χ1) is 14.6. The number of fused-ring (bicyclic) bond motifs is 1. The second-order valence-corrected chi connectivity index (χ2v) is 8.29. The van der Waals surface area contributed by atoms with Crippen LogP contribution in [0.2, 0.25) is 0 Å². The van der Waals surface area contributed by atoms with Crippen LogP contribution in [0.1, 0.15) is 34.1 Å². The molecule has 0 amide bonds. The Labute approximate surface area is 178 Å². The van der Waals surface area contributed by atoms with Gasteiger partial charge in [0.2, 0.25) is 0 Å². The molecule has 0 saturated heterocycles. The standard InChI is InChI=1S/C22H16F3NO4S/c1-11-7-17(28)20(21(29)30-11)16-10-19(12-3-2-4-14(27)8-12)31-18-6-5-13(22(23,24)25)9-15(18)26-16/h2-9,19,27-28H,10H2,1H3/t19-/m0/s1. The van der Waals surface area contributed by atoms with E-state index in [2.05, 4.69) is 4.99 Å². The van der Waals surface area contributed by atoms with E-state index in [4.69, 9.17) is 4.42 Å². The Balaban J connectivity index is 1.92. The summed E-state index contributed by atoms with van der Waals surface area (Å²) < 4.78 is 44.8. The molecular weight excluding hydrogens is 431 g/mol. The first-order valence-electron chi connectivity index (χ1n) is 9.20. The fourth-order valence-electron chi connectivity index (χ4n) is 3.37. The monoisotopic (exact) mass is 447 g/mol. The van der Waals surface area contributed by atoms with Crippen LogP contribution in [0.25, 0.3) is 0 Å². The van der Waals surface area contributed by atoms with E-state index in [9.17, 15) is 28.2 Å². The number of rotatable bonds is 2. The molecule has 0 aliphatic carbocycles. The van der Waals surface area contributed by atoms with Crippen LogP contribution in [0.4, 0.5) is 18.9 Å². The number of benzene rings is 2. The normalized spacial score (nSPS) is 16.4. The van der Waals surface area contributed by atoms with Crippen molar-refractivity contribution in [1.29, 1.82) is 0 Å². The van der Waals surface area contributed by atoms with Gasteiger partial charge in [-0.1, -0.05) is 12.1 Å². The molecule has 2 N–H and O–H groups in total. The lowest BCUT2D eigenvalue weighted by Gasteiger charge is -2.16. The molecule has 2 heterocycles. The van der Waals surface area contributed by atoms with E-state index < -0.39 is 17.4 Å². The van der Waals surface area contributed by atoms with Gasteiger partial charge in [-0.05, 0) is 42.8 Å². The molecule has 9 heteroatoms. The smallest absolute Gasteiger partial charge is 0.416 e. The van der Waals surface area contributed by atoms with Gasteiger partial charge in [0.25, 0.3) is 0 Å². The van der Waals surface area contributed by atoms with E-state index in [-0.39, 0.29) is 45.9 Å². The van der Waals surface area contributed by atoms with Crippen LogP contribution < -0.4 is 5.63 Å². The SMILES string of the molecule is Cc1cc(O)c(C2=Nc3cc(C(F)(F)F)ccc3S[C@H](c3cccc(O)c3)C2)c(=O)o1. The lowest BCUT2D eigenvalue weighted by atomic mass is 10.0. The summed E-state index contributed by atoms with van der Waals surface area (Å²) in [6.07, 6.45) is -4.44. The zero-order valence-electron chi connectivity index (χ0n) is 16.1. The number of halogens is 3. The van der Waals surface area contributed by atoms with Crippen molar-refractivity contribution in [2.24, 2.45) is 4.99 Å². The van der Waals surface area contributed by atoms with Crippen molar-refractivity contribution < 1.29 is 27.8 Å². The number of hydrogen-bond acceptors (Lipinski definition) is 6. The van der Waals surface area contributed by atoms with Crippen molar-refractivity contribution in [3.63, 3.8) is 0 Å². The van der Waals surface area contributed by atoms with Gasteiger partial charge < -0.3 is 14.6 Å². The highest BCUT2D eigenvalue weighted by atomic mass is 32.2. The molecule has 0 saturated carbocycles. The minimum atomic E-state index is -4.56. The van der Waals surface area contributed by atoms with Crippen molar-refractivity contribution in [3.8, 4) is 11.5 Å². The number of nitrogens with zero attached hydrogens (tertiary/aromatic N) is 1. The van der Waals surface area contributed by atoms with Crippen LogP contribution in [0.15, 0.2) is 67.6 Å². The molecule has 31 heavy (non-hydrogen) atoms. The van der Waals surface area contributed by atoms with Crippen LogP contribution in [0.5, 0.6) is 11.5 Å². The maximum atomic E-state index is 13.3. The van der Waals surface area contributed by atoms with Gasteiger partial charge in [0.15, 0.2) is 0 Å². The van der Waals surface area contributed by atoms with E-state index in [1.54, 1.807) is 18.2 Å². The minimum absolute atomic E-state index is 0.0335. The Kier molecular flexibility index (Phi) is 5.30. The molecule has 160 valence electrons. The zero-order valence-corrected chi connectivity index (χ0v) is 16.9. The predicted molar refractivity (Wildman–Crippen MR) is 110 cm³/mol. The maximum absolute atomic E-state index is 13.3. The molecule has 1 aliphatic heterocycles. The van der Waals surface area contributed by atoms with Gasteiger partial charge in [-0.2, -0.15) is 13.2 Å². The molecule has 1 aromatic heterocycles. The van der Waals surface area contributed by atoms with Gasteiger partial charge in [0.05, 0.1) is 17.0 Å². The molecule has 3 aromatic rings. The second kappa shape index (κ2) is 7.81. The van der Waals surface area contributed by atoms with E-state index in [1.165, 1.54) is 36.9 Å². The van der Waals surface area contributed by atoms with Gasteiger partial charge >= 0.3 is 11.8 Å². The molecule has 4 rings (SSSR count). The summed E-state index contributed by atoms with van der Waals surface area (Å²) in [5.41, 5.74) is -1.05. The number of phenols is 1. The number of thioether (sulfide) groups is 1. The van der Waals surface area contributed by atoms with E-state index in [0.29, 0.717) is 10.5 Å². The Morgan fingerprint density at radius 1 is 1.13 bits per heavy atom. The summed E-state index contributed by atoms with van der Waals surface area (Å²) in [4.78, 5) is 17.3. The van der Waals surface area contributed by atoms with Gasteiger partial charge in [-0.15, -0.1) is 11.8 Å². The van der Waals surface area contributed by atoms with Gasteiger partial charge in [-0.3, -0.25) is 4.99 Å². The molecule has 0 fully saturated rings. The summed E-state index contributed by atoms with van der Waals surface area (Å²) in [6.45, 7) is 1.50. The van der Waals surface area contributed by atoms with Crippen molar-refractivity contribution in [3.05, 3.63) is 81.4 Å². The Morgan fingerprint density at radius 3 is 2.58 bits per heavy atom. The number of alkyl halides is 3. The van der Waals surface area contributed by atoms with E-state index in [1.807, 2.05) is 0 Å². The molecule has 0 radical (unpaired) electrons. The third kappa shape index (κ3) is 4.32. The lowest BCUT2D eigenvalue weighted by Crippen LogP contribution is -2.17. The average Bonchev–Trinajstić information content (AvgIpc) is 2.85. The quantitative estimate of drug-likeness (QED) is 0.524. The number of phenolic OH excluding ortho intramolecular Hbond substituents is 1. The first kappa shape index (κ1) is 21.0. The Morgan fingerprint density at radius 2 is 1.90 bits per heavy atom. The van der Waals surface area contributed by atoms with Crippen LogP contribution in [-0.2, 0) is 6.18 Å². The largest absolute Gasteiger partial charge is 0.508 e. The van der Waals surface area contributed by atoms with Crippen LogP contribution in [0, 0.1) is 6.92 Å². The molecule has 1 aliphatic rings. The molecule has 0 spiro atoms. The number of aryl methyl sites for hydroxylation is 1. The maximum Gasteiger partial charge on any atom is 0.416 e. The Bertz CT molecular complexity index is 1250. The lowest BCUT2D eigenvalue weighted by molar-refractivity contribution is -0.137. The van der Waals surface area contributed by atoms with Crippen molar-refractivity contribution in [1.82, 2.24) is 0 Å². The molecule has 0 bridgehead atoms. The minimum Gasteiger partial charge on any atom is -0.508 e. The van der Waals surface area contributed by atoms with Gasteiger partial charge in [0, 0.05) is 22.6 Å². The van der Waals surface area contributed by atoms with Crippen LogP contribution in [-0.4, -0.2) is 15.9 Å². The number of aliphatic imine (C=N–C) groups is 1. The van der Waals surface area contributed by atoms with Crippen molar-refractivity contribution in [2.75, 3.05) is 0 Å². The second-order valence-electron chi connectivity index (χ2n) is 7.05. The average molecular weight is 447 g/mol. The topological polar surface area (TPSA) is 83.0 Å². The molecule has 5 nitrogen and oxygen atoms in total. The van der Waals surface area contributed by atoms with E-state index >= 15 is 0 Å². The van der Waals surface area contributed by atoms with Gasteiger partial charge in [-0.25, -0.2) is 4.79 Å². The van der Waals surface area contributed by atoms with E-state index in [0.717, 1.165) is 12.1 Å². The third-order valence-corrected chi connectivity index (χ3v) is 6.10. The van der Waals surface area contributed by atoms with Crippen LogP contribution in [0.3, 0.4) is 0 Å². The summed E-state index contributed by atoms with van der Waals surface area (Å²) >= 11 is 1.26. The number of hydrogen-bond donors (Lipinski definition) is 2. The van der Waals surface area contributed by atoms with Gasteiger partial charge in [0.1, 0.15) is 22.8 Å². The first-order valence-corrected chi connectivity index (χ1v) is 10.1. The number of aromatic hydroxyl groups is 2. The zero-order chi connectivity index (χ0) is 22.3. The highest BCUT2D eigenvalue weighted by Crippen LogP contribution is 2.47. The summed E-state index contributed by atoms with van der Waals surface area (Å²) in [5.74, 6) is -0.132. The van der Waals surface area contributed by atoms with Crippen LogP contribution >= 0.6 is 11.8 Å². The predicted octanol–water partition coefficient (Wildman–Crippen LogP) is 5.74. The van der Waals surface area contributed by atoms with Crippen molar-refractivity contribution in [2.45, 2.75) is 29.7 Å². The van der Waals surface area contributed by atoms with Crippen molar-refractivity contribution >= 4 is 23.2 Å².